The minimum atomic E-state index is 0.184. The monoisotopic (exact) mass is 622 g/mol. The summed E-state index contributed by atoms with van der Waals surface area (Å²) >= 11 is 0. The maximum absolute atomic E-state index is 6.50. The molecule has 1 aromatic rings. The van der Waals surface area contributed by atoms with Gasteiger partial charge in [0.25, 0.3) is 0 Å². The summed E-state index contributed by atoms with van der Waals surface area (Å²) < 4.78 is 0. The summed E-state index contributed by atoms with van der Waals surface area (Å²) in [6, 6.07) is 4.57. The lowest BCUT2D eigenvalue weighted by Crippen LogP contribution is -2.15. The number of hydrogen-bond acceptors (Lipinski definition) is 1. The Morgan fingerprint density at radius 3 is 1.36 bits per heavy atom. The third-order valence-corrected chi connectivity index (χ3v) is 5.81. The number of unbranched alkanes of at least 4 members (excludes halogenated alkanes) is 1. The Morgan fingerprint density at radius 2 is 1.11 bits per heavy atom. The predicted molar refractivity (Wildman–Crippen MR) is 218 cm³/mol. The smallest absolute Gasteiger partial charge is 0.00272 e. The minimum absolute atomic E-state index is 0.184. The molecule has 0 spiro atoms. The lowest BCUT2D eigenvalue weighted by atomic mass is 9.78. The van der Waals surface area contributed by atoms with Gasteiger partial charge >= 0.3 is 0 Å². The van der Waals surface area contributed by atoms with Crippen LogP contribution in [0.25, 0.3) is 5.57 Å². The van der Waals surface area contributed by atoms with Crippen molar-refractivity contribution in [2.24, 2.45) is 5.92 Å². The van der Waals surface area contributed by atoms with E-state index in [1.54, 1.807) is 13.8 Å². The van der Waals surface area contributed by atoms with Crippen molar-refractivity contribution in [3.63, 3.8) is 0 Å². The van der Waals surface area contributed by atoms with Gasteiger partial charge in [0.2, 0.25) is 0 Å². The zero-order valence-electron chi connectivity index (χ0n) is 36.1. The topological polar surface area (TPSA) is 23.9 Å². The molecule has 0 aliphatic carbocycles. The third-order valence-electron chi connectivity index (χ3n) is 5.81. The van der Waals surface area contributed by atoms with Gasteiger partial charge in [-0.15, -0.1) is 0 Å². The van der Waals surface area contributed by atoms with Crippen molar-refractivity contribution in [2.45, 2.75) is 211 Å². The average molecular weight is 622 g/mol. The molecule has 0 bridgehead atoms. The molecule has 1 N–H and O–H groups in total. The van der Waals surface area contributed by atoms with Crippen LogP contribution < -0.4 is 0 Å². The van der Waals surface area contributed by atoms with E-state index in [1.807, 2.05) is 83.1 Å². The normalized spacial score (nSPS) is 9.64. The summed E-state index contributed by atoms with van der Waals surface area (Å²) in [6.07, 6.45) is 7.75. The van der Waals surface area contributed by atoms with Gasteiger partial charge < -0.3 is 5.41 Å². The van der Waals surface area contributed by atoms with Crippen LogP contribution >= 0.6 is 0 Å². The average Bonchev–Trinajstić information content (AvgIpc) is 3.02. The zero-order valence-corrected chi connectivity index (χ0v) is 36.1. The highest BCUT2D eigenvalue weighted by Crippen LogP contribution is 2.36. The van der Waals surface area contributed by atoms with Gasteiger partial charge in [0, 0.05) is 5.71 Å². The number of allylic oxidation sites excluding steroid dienone is 4. The van der Waals surface area contributed by atoms with Gasteiger partial charge in [-0.2, -0.15) is 0 Å². The molecule has 1 nitrogen and oxygen atoms in total. The molecule has 44 heavy (non-hydrogen) atoms. The van der Waals surface area contributed by atoms with Crippen molar-refractivity contribution in [1.29, 1.82) is 5.41 Å². The molecule has 268 valence electrons. The molecular weight excluding hydrogens is 530 g/mol. The van der Waals surface area contributed by atoms with Crippen LogP contribution in [0, 0.1) is 25.2 Å². The van der Waals surface area contributed by atoms with Crippen LogP contribution in [0.3, 0.4) is 0 Å². The first-order valence-electron chi connectivity index (χ1n) is 18.6. The second-order valence-electron chi connectivity index (χ2n) is 10.7. The molecule has 0 fully saturated rings. The van der Waals surface area contributed by atoms with E-state index in [2.05, 4.69) is 101 Å². The largest absolute Gasteiger partial charge is 0.310 e. The van der Waals surface area contributed by atoms with Crippen molar-refractivity contribution in [3.05, 3.63) is 51.6 Å². The van der Waals surface area contributed by atoms with Crippen molar-refractivity contribution >= 4 is 11.3 Å². The molecule has 0 heterocycles. The van der Waals surface area contributed by atoms with Crippen molar-refractivity contribution < 1.29 is 0 Å². The Labute approximate surface area is 284 Å². The van der Waals surface area contributed by atoms with Gasteiger partial charge in [-0.1, -0.05) is 174 Å². The quantitative estimate of drug-likeness (QED) is 0.241. The molecule has 0 aliphatic heterocycles. The van der Waals surface area contributed by atoms with Crippen LogP contribution in [0.15, 0.2) is 29.4 Å². The van der Waals surface area contributed by atoms with Gasteiger partial charge in [0.15, 0.2) is 0 Å². The maximum Gasteiger partial charge on any atom is 0.00272 e. The fraction of sp³-hybridized carbons (Fsp3) is 0.744. The van der Waals surface area contributed by atoms with Crippen molar-refractivity contribution in [1.82, 2.24) is 0 Å². The number of nitrogens with one attached hydrogen (secondary N) is 1. The number of hydrogen-bond donors (Lipinski definition) is 1. The Bertz CT molecular complexity index is 746. The molecule has 0 aliphatic rings. The molecule has 0 aromatic heterocycles. The minimum Gasteiger partial charge on any atom is -0.310 e. The van der Waals surface area contributed by atoms with E-state index in [4.69, 9.17) is 5.41 Å². The summed E-state index contributed by atoms with van der Waals surface area (Å²) in [5, 5.41) is 6.50. The molecule has 1 rings (SSSR count). The van der Waals surface area contributed by atoms with E-state index < -0.39 is 0 Å². The zero-order chi connectivity index (χ0) is 37.6. The second-order valence-corrected chi connectivity index (χ2v) is 10.7. The molecular formula is C43H91N. The fourth-order valence-corrected chi connectivity index (χ4v) is 3.79. The second kappa shape index (κ2) is 45.8. The van der Waals surface area contributed by atoms with E-state index >= 15 is 0 Å². The first-order chi connectivity index (χ1) is 20.6. The molecule has 0 saturated carbocycles. The Kier molecular flexibility index (Phi) is 63.9. The molecule has 0 amide bonds. The number of benzene rings is 1. The summed E-state index contributed by atoms with van der Waals surface area (Å²) in [5.74, 6) is 0.954. The first kappa shape index (κ1) is 61.4. The highest BCUT2D eigenvalue weighted by molar-refractivity contribution is 5.84. The van der Waals surface area contributed by atoms with Gasteiger partial charge in [-0.3, -0.25) is 0 Å². The highest BCUT2D eigenvalue weighted by atomic mass is 14.3. The molecule has 1 aromatic carbocycles. The van der Waals surface area contributed by atoms with E-state index in [1.165, 1.54) is 64.7 Å². The summed E-state index contributed by atoms with van der Waals surface area (Å²) in [7, 11) is 0. The standard InChI is InChI=1S/C20H30.C8H18.C3H7N.6C2H6/c1-10-14(4)18(13(2)3)19-15(5)11-12-17(16(19)6)20(7,8)9;1-4-6-7-8(3)5-2;1-3(2)4;6*1-2/h10-12H,1-9H3;8H,4-7H2,1-3H3;4H,1-2H3;6*1-2H3. The molecule has 0 radical (unpaired) electrons. The maximum atomic E-state index is 6.50. The Balaban J connectivity index is -0.0000000747. The molecule has 0 saturated heterocycles. The van der Waals surface area contributed by atoms with E-state index in [9.17, 15) is 0 Å². The SMILES string of the molecule is CC.CC.CC.CC.CC.CC.CC(C)=N.CC=C(C)C(=C(C)C)c1c(C)ccc(C(C)(C)C)c1C.CCCCC(C)CC. The van der Waals surface area contributed by atoms with Gasteiger partial charge in [-0.05, 0) is 100 Å². The molecule has 1 atom stereocenters. The first-order valence-corrected chi connectivity index (χ1v) is 18.6. The van der Waals surface area contributed by atoms with Crippen molar-refractivity contribution in [2.75, 3.05) is 0 Å². The lowest BCUT2D eigenvalue weighted by Gasteiger charge is -2.26. The van der Waals surface area contributed by atoms with Crippen LogP contribution in [0.4, 0.5) is 0 Å². The molecule has 1 unspecified atom stereocenters. The van der Waals surface area contributed by atoms with E-state index in [0.29, 0.717) is 5.71 Å². The van der Waals surface area contributed by atoms with Crippen LogP contribution in [-0.4, -0.2) is 5.71 Å². The molecule has 1 heteroatoms. The van der Waals surface area contributed by atoms with E-state index in [0.717, 1.165) is 5.92 Å². The number of aryl methyl sites for hydroxylation is 1. The fourth-order valence-electron chi connectivity index (χ4n) is 3.79. The van der Waals surface area contributed by atoms with Gasteiger partial charge in [0.1, 0.15) is 0 Å². The number of rotatable bonds is 6. The van der Waals surface area contributed by atoms with Gasteiger partial charge in [0.05, 0.1) is 0 Å². The third kappa shape index (κ3) is 36.6. The van der Waals surface area contributed by atoms with E-state index in [-0.39, 0.29) is 5.41 Å². The Hall–Kier alpha value is -1.63. The van der Waals surface area contributed by atoms with Crippen LogP contribution in [0.5, 0.6) is 0 Å². The predicted octanol–water partition coefficient (Wildman–Crippen LogP) is 16.8. The van der Waals surface area contributed by atoms with Crippen LogP contribution in [0.1, 0.15) is 214 Å². The summed E-state index contributed by atoms with van der Waals surface area (Å²) in [5.41, 5.74) is 10.7. The lowest BCUT2D eigenvalue weighted by molar-refractivity contribution is 0.492. The summed E-state index contributed by atoms with van der Waals surface area (Å²) in [4.78, 5) is 0. The summed E-state index contributed by atoms with van der Waals surface area (Å²) in [6.45, 7) is 54.5. The van der Waals surface area contributed by atoms with Crippen molar-refractivity contribution in [3.8, 4) is 0 Å². The van der Waals surface area contributed by atoms with Gasteiger partial charge in [-0.25, -0.2) is 0 Å². The highest BCUT2D eigenvalue weighted by Gasteiger charge is 2.21. The van der Waals surface area contributed by atoms with Crippen LogP contribution in [0.2, 0.25) is 0 Å². The van der Waals surface area contributed by atoms with Crippen LogP contribution in [-0.2, 0) is 5.41 Å². The Morgan fingerprint density at radius 1 is 0.750 bits per heavy atom.